The molecule has 4 aromatic heterocycles. The first-order valence-electron chi connectivity index (χ1n) is 12.1. The number of anilines is 2. The van der Waals surface area contributed by atoms with Gasteiger partial charge in [0, 0.05) is 50.5 Å². The van der Waals surface area contributed by atoms with Gasteiger partial charge in [-0.15, -0.1) is 0 Å². The van der Waals surface area contributed by atoms with E-state index in [0.29, 0.717) is 16.5 Å². The Morgan fingerprint density at radius 2 is 1.30 bits per heavy atom. The maximum Gasteiger partial charge on any atom is 0.173 e. The minimum atomic E-state index is 0.692. The first-order chi connectivity index (χ1) is 18.2. The Labute approximate surface area is 220 Å². The molecular formula is C28H24N8S. The summed E-state index contributed by atoms with van der Waals surface area (Å²) in [4.78, 5) is 27.8. The predicted octanol–water partition coefficient (Wildman–Crippen LogP) is 4.67. The van der Waals surface area contributed by atoms with Crippen molar-refractivity contribution in [1.29, 1.82) is 0 Å². The third kappa shape index (κ3) is 4.94. The molecule has 5 aromatic rings. The van der Waals surface area contributed by atoms with E-state index in [1.165, 1.54) is 0 Å². The van der Waals surface area contributed by atoms with Crippen LogP contribution in [-0.4, -0.2) is 61.1 Å². The van der Waals surface area contributed by atoms with Crippen molar-refractivity contribution in [3.63, 3.8) is 0 Å². The second-order valence-electron chi connectivity index (χ2n) is 8.65. The highest BCUT2D eigenvalue weighted by Crippen LogP contribution is 2.29. The smallest absolute Gasteiger partial charge is 0.173 e. The first-order valence-corrected chi connectivity index (χ1v) is 12.5. The van der Waals surface area contributed by atoms with Crippen molar-refractivity contribution in [3.8, 4) is 22.8 Å². The SMILES string of the molecule is S=C(Nc1ccc2nc(-c3ccccn3)c(-c3ccccn3)nc2c1)N1CCN(c2ccccn2)CC1. The van der Waals surface area contributed by atoms with Gasteiger partial charge in [-0.2, -0.15) is 0 Å². The second-order valence-corrected chi connectivity index (χ2v) is 9.03. The van der Waals surface area contributed by atoms with E-state index < -0.39 is 0 Å². The van der Waals surface area contributed by atoms with Crippen LogP contribution in [0.4, 0.5) is 11.5 Å². The van der Waals surface area contributed by atoms with Gasteiger partial charge in [-0.25, -0.2) is 15.0 Å². The third-order valence-corrected chi connectivity index (χ3v) is 6.63. The topological polar surface area (TPSA) is 83.0 Å². The zero-order valence-corrected chi connectivity index (χ0v) is 20.8. The summed E-state index contributed by atoms with van der Waals surface area (Å²) < 4.78 is 0. The predicted molar refractivity (Wildman–Crippen MR) is 150 cm³/mol. The van der Waals surface area contributed by atoms with Crippen LogP contribution in [0, 0.1) is 0 Å². The lowest BCUT2D eigenvalue weighted by atomic mass is 10.1. The van der Waals surface area contributed by atoms with Gasteiger partial charge in [0.05, 0.1) is 22.4 Å². The van der Waals surface area contributed by atoms with Crippen LogP contribution >= 0.6 is 12.2 Å². The van der Waals surface area contributed by atoms with Gasteiger partial charge in [0.2, 0.25) is 0 Å². The number of fused-ring (bicyclic) bond motifs is 1. The van der Waals surface area contributed by atoms with Gasteiger partial charge in [-0.1, -0.05) is 18.2 Å². The zero-order chi connectivity index (χ0) is 25.0. The molecule has 1 N–H and O–H groups in total. The lowest BCUT2D eigenvalue weighted by Crippen LogP contribution is -2.50. The standard InChI is InChI=1S/C28H24N8S/c37-28(36-17-15-35(16-18-36)25-9-3-6-14-31-25)32-20-10-11-21-24(19-20)34-27(23-8-2-5-13-30-23)26(33-21)22-7-1-4-12-29-22/h1-14,19H,15-18H2,(H,32,37). The van der Waals surface area contributed by atoms with Gasteiger partial charge in [0.25, 0.3) is 0 Å². The Bertz CT molecular complexity index is 1520. The summed E-state index contributed by atoms with van der Waals surface area (Å²) in [6.45, 7) is 3.39. The monoisotopic (exact) mass is 504 g/mol. The van der Waals surface area contributed by atoms with Crippen molar-refractivity contribution >= 4 is 39.9 Å². The van der Waals surface area contributed by atoms with Crippen LogP contribution in [0.5, 0.6) is 0 Å². The Morgan fingerprint density at radius 3 is 1.89 bits per heavy atom. The van der Waals surface area contributed by atoms with Crippen molar-refractivity contribution in [2.75, 3.05) is 36.4 Å². The molecular weight excluding hydrogens is 480 g/mol. The molecule has 0 aliphatic carbocycles. The van der Waals surface area contributed by atoms with Crippen LogP contribution in [-0.2, 0) is 0 Å². The normalized spacial score (nSPS) is 13.5. The average Bonchev–Trinajstić information content (AvgIpc) is 2.98. The maximum atomic E-state index is 5.75. The number of benzene rings is 1. The van der Waals surface area contributed by atoms with Gasteiger partial charge in [-0.05, 0) is 66.8 Å². The average molecular weight is 505 g/mol. The number of pyridine rings is 3. The Hall–Kier alpha value is -4.50. The number of nitrogens with zero attached hydrogens (tertiary/aromatic N) is 7. The summed E-state index contributed by atoms with van der Waals surface area (Å²) in [5.41, 5.74) is 5.30. The molecule has 1 aliphatic heterocycles. The molecule has 1 aromatic carbocycles. The minimum absolute atomic E-state index is 0.692. The van der Waals surface area contributed by atoms with Gasteiger partial charge >= 0.3 is 0 Å². The minimum Gasteiger partial charge on any atom is -0.353 e. The molecule has 0 unspecified atom stereocenters. The fourth-order valence-corrected chi connectivity index (χ4v) is 4.68. The van der Waals surface area contributed by atoms with Crippen LogP contribution in [0.2, 0.25) is 0 Å². The zero-order valence-electron chi connectivity index (χ0n) is 20.0. The quantitative estimate of drug-likeness (QED) is 0.351. The number of piperazine rings is 1. The maximum absolute atomic E-state index is 5.75. The molecule has 0 amide bonds. The molecule has 9 heteroatoms. The number of hydrogen-bond acceptors (Lipinski definition) is 7. The molecule has 0 spiro atoms. The highest BCUT2D eigenvalue weighted by Gasteiger charge is 2.20. The highest BCUT2D eigenvalue weighted by molar-refractivity contribution is 7.80. The molecule has 5 heterocycles. The van der Waals surface area contributed by atoms with Crippen LogP contribution in [0.3, 0.4) is 0 Å². The van der Waals surface area contributed by atoms with Crippen molar-refractivity contribution in [2.24, 2.45) is 0 Å². The summed E-state index contributed by atoms with van der Waals surface area (Å²) in [5.74, 6) is 1.00. The second kappa shape index (κ2) is 10.2. The molecule has 0 bridgehead atoms. The van der Waals surface area contributed by atoms with E-state index in [-0.39, 0.29) is 0 Å². The number of thiocarbonyl (C=S) groups is 1. The van der Waals surface area contributed by atoms with E-state index in [4.69, 9.17) is 22.2 Å². The van der Waals surface area contributed by atoms with E-state index in [0.717, 1.165) is 60.1 Å². The van der Waals surface area contributed by atoms with Crippen LogP contribution in [0.1, 0.15) is 0 Å². The number of aromatic nitrogens is 5. The highest BCUT2D eigenvalue weighted by atomic mass is 32.1. The molecule has 182 valence electrons. The van der Waals surface area contributed by atoms with Gasteiger partial charge in [-0.3, -0.25) is 9.97 Å². The molecule has 0 atom stereocenters. The molecule has 6 rings (SSSR count). The van der Waals surface area contributed by atoms with Gasteiger partial charge in [0.15, 0.2) is 5.11 Å². The Morgan fingerprint density at radius 1 is 0.676 bits per heavy atom. The lowest BCUT2D eigenvalue weighted by molar-refractivity contribution is 0.389. The van der Waals surface area contributed by atoms with E-state index in [1.807, 2.05) is 79.0 Å². The number of hydrogen-bond donors (Lipinski definition) is 1. The largest absolute Gasteiger partial charge is 0.353 e. The van der Waals surface area contributed by atoms with E-state index >= 15 is 0 Å². The summed E-state index contributed by atoms with van der Waals surface area (Å²) in [7, 11) is 0. The van der Waals surface area contributed by atoms with Crippen LogP contribution < -0.4 is 10.2 Å². The molecule has 37 heavy (non-hydrogen) atoms. The summed E-state index contributed by atoms with van der Waals surface area (Å²) in [5, 5.41) is 4.09. The Kier molecular flexibility index (Phi) is 6.35. The fourth-order valence-electron chi connectivity index (χ4n) is 4.38. The fraction of sp³-hybridized carbons (Fsp3) is 0.143. The lowest BCUT2D eigenvalue weighted by Gasteiger charge is -2.36. The number of nitrogens with one attached hydrogen (secondary N) is 1. The number of rotatable bonds is 4. The van der Waals surface area contributed by atoms with Crippen LogP contribution in [0.15, 0.2) is 91.4 Å². The van der Waals surface area contributed by atoms with Crippen molar-refractivity contribution in [3.05, 3.63) is 91.4 Å². The van der Waals surface area contributed by atoms with Gasteiger partial charge < -0.3 is 15.1 Å². The van der Waals surface area contributed by atoms with Crippen molar-refractivity contribution < 1.29 is 0 Å². The molecule has 0 radical (unpaired) electrons. The summed E-state index contributed by atoms with van der Waals surface area (Å²) in [6, 6.07) is 23.4. The molecule has 1 aliphatic rings. The van der Waals surface area contributed by atoms with Crippen molar-refractivity contribution in [1.82, 2.24) is 29.8 Å². The van der Waals surface area contributed by atoms with Crippen molar-refractivity contribution in [2.45, 2.75) is 0 Å². The molecule has 1 fully saturated rings. The van der Waals surface area contributed by atoms with Crippen LogP contribution in [0.25, 0.3) is 33.8 Å². The van der Waals surface area contributed by atoms with E-state index in [9.17, 15) is 0 Å². The molecule has 1 saturated heterocycles. The van der Waals surface area contributed by atoms with Gasteiger partial charge in [0.1, 0.15) is 17.2 Å². The van der Waals surface area contributed by atoms with E-state index in [1.54, 1.807) is 12.4 Å². The molecule has 0 saturated carbocycles. The third-order valence-electron chi connectivity index (χ3n) is 6.27. The summed E-state index contributed by atoms with van der Waals surface area (Å²) >= 11 is 5.75. The Balaban J connectivity index is 1.24. The summed E-state index contributed by atoms with van der Waals surface area (Å²) in [6.07, 6.45) is 5.34. The van der Waals surface area contributed by atoms with E-state index in [2.05, 4.69) is 30.1 Å². The first kappa shape index (κ1) is 22.9. The molecule has 8 nitrogen and oxygen atoms in total.